The third kappa shape index (κ3) is 14.9. The fourth-order valence-corrected chi connectivity index (χ4v) is 11.6. The summed E-state index contributed by atoms with van der Waals surface area (Å²) in [6.45, 7) is 3.83. The maximum atomic E-state index is 14.1. The molecule has 5 heterocycles. The molecule has 5 aromatic carbocycles. The molecule has 1 fully saturated rings. The molecule has 2 aliphatic heterocycles. The smallest absolute Gasteiger partial charge is 0.406 e. The number of hydrogen-bond donors (Lipinski definition) is 7. The molecule has 0 radical (unpaired) electrons. The number of likely N-dealkylation sites (tertiary alicyclic amines) is 1. The van der Waals surface area contributed by atoms with E-state index in [-0.39, 0.29) is 36.5 Å². The Balaban J connectivity index is 0.604. The van der Waals surface area contributed by atoms with Crippen LogP contribution in [0.15, 0.2) is 144 Å². The number of hydrazine groups is 2. The summed E-state index contributed by atoms with van der Waals surface area (Å²) in [4.78, 5) is 10.6. The lowest BCUT2D eigenvalue weighted by Crippen LogP contribution is -2.42. The molecule has 0 saturated carbocycles. The average Bonchev–Trinajstić information content (AvgIpc) is 4.36. The standard InChI is InChI=1S/C58H66F3N11O8S2/c1-77-56-34-42(16-21-53(56)66-57-46-8-3-5-10-49(46)65-50-11-6-4-9-47(50)57)68-82(75,76)33-32-80-31-30-79-29-28-78-27-26-71-38-44(67-69-71)37-70-24-22-41(23-25-70)63-51-12-7-13-54-48(51)35-55(72(54)39-58(59,60)61)52-20-17-43(64-52)36-62-40-14-18-45(19-15-40)81(2,73)74/h3-21,34-35,38,41,62-64,67-69H,22-33,36-37,39H2,1-2H3,(H,65,66). The number of nitrogens with zero attached hydrogens (tertiary/aromatic N) is 4. The highest BCUT2D eigenvalue weighted by molar-refractivity contribution is 7.92. The number of rotatable bonds is 27. The lowest BCUT2D eigenvalue weighted by Gasteiger charge is -2.33. The van der Waals surface area contributed by atoms with E-state index >= 15 is 0 Å². The van der Waals surface area contributed by atoms with Crippen LogP contribution in [0.5, 0.6) is 5.75 Å². The van der Waals surface area contributed by atoms with Crippen LogP contribution in [0.1, 0.15) is 18.5 Å². The number of sulfone groups is 1. The number of para-hydroxylation sites is 2. The molecule has 10 rings (SSSR count). The van der Waals surface area contributed by atoms with Crippen molar-refractivity contribution in [2.45, 2.75) is 43.0 Å². The van der Waals surface area contributed by atoms with Crippen LogP contribution in [0, 0.1) is 0 Å². The van der Waals surface area contributed by atoms with Crippen LogP contribution in [0.4, 0.5) is 41.6 Å². The molecular formula is C58H66F3N11O8S2. The summed E-state index contributed by atoms with van der Waals surface area (Å²) >= 11 is 0. The minimum atomic E-state index is -4.45. The summed E-state index contributed by atoms with van der Waals surface area (Å²) in [6, 6.07) is 38.2. The van der Waals surface area contributed by atoms with Crippen LogP contribution < -0.4 is 36.4 Å². The summed E-state index contributed by atoms with van der Waals surface area (Å²) < 4.78 is 118. The van der Waals surface area contributed by atoms with E-state index in [1.165, 1.54) is 23.8 Å². The van der Waals surface area contributed by atoms with Gasteiger partial charge in [-0.1, -0.05) is 42.5 Å². The van der Waals surface area contributed by atoms with Crippen LogP contribution in [-0.2, 0) is 47.2 Å². The van der Waals surface area contributed by atoms with E-state index in [0.717, 1.165) is 76.8 Å². The van der Waals surface area contributed by atoms with Gasteiger partial charge in [0.05, 0.1) is 121 Å². The van der Waals surface area contributed by atoms with E-state index in [1.807, 2.05) is 77.9 Å². The Morgan fingerprint density at radius 1 is 0.732 bits per heavy atom. The molecule has 3 aromatic heterocycles. The number of fused-ring (bicyclic) bond motifs is 3. The largest absolute Gasteiger partial charge is 0.494 e. The molecule has 8 aromatic rings. The quantitative estimate of drug-likeness (QED) is 0.0189. The van der Waals surface area contributed by atoms with Gasteiger partial charge in [-0.15, -0.1) is 5.53 Å². The molecule has 7 N–H and O–H groups in total. The van der Waals surface area contributed by atoms with Gasteiger partial charge >= 0.3 is 6.18 Å². The number of pyridine rings is 1. The molecule has 434 valence electrons. The summed E-state index contributed by atoms with van der Waals surface area (Å²) in [5.74, 6) is 0.218. The minimum absolute atomic E-state index is 0.0141. The number of nitrogens with one attached hydrogen (secondary N) is 7. The Bertz CT molecular complexity index is 3710. The van der Waals surface area contributed by atoms with Crippen molar-refractivity contribution >= 4 is 81.0 Å². The number of halogens is 3. The number of sulfonamides is 1. The number of H-pyrrole nitrogens is 1. The zero-order valence-corrected chi connectivity index (χ0v) is 47.0. The highest BCUT2D eigenvalue weighted by Gasteiger charge is 2.31. The van der Waals surface area contributed by atoms with Crippen molar-refractivity contribution < 1.29 is 49.0 Å². The lowest BCUT2D eigenvalue weighted by atomic mass is 10.0. The van der Waals surface area contributed by atoms with Crippen molar-refractivity contribution in [3.05, 3.63) is 145 Å². The van der Waals surface area contributed by atoms with Gasteiger partial charge in [0.1, 0.15) is 12.3 Å². The second-order valence-corrected chi connectivity index (χ2v) is 24.0. The summed E-state index contributed by atoms with van der Waals surface area (Å²) in [6.07, 6.45) is 0.405. The lowest BCUT2D eigenvalue weighted by molar-refractivity contribution is -0.139. The number of piperidine rings is 1. The van der Waals surface area contributed by atoms with Crippen LogP contribution in [0.2, 0.25) is 0 Å². The summed E-state index contributed by atoms with van der Waals surface area (Å²) in [7, 11) is -5.52. The first-order valence-electron chi connectivity index (χ1n) is 26.9. The highest BCUT2D eigenvalue weighted by atomic mass is 32.2. The van der Waals surface area contributed by atoms with Crippen molar-refractivity contribution in [2.24, 2.45) is 0 Å². The summed E-state index contributed by atoms with van der Waals surface area (Å²) in [5, 5.41) is 14.9. The van der Waals surface area contributed by atoms with Crippen LogP contribution in [-0.4, -0.2) is 138 Å². The third-order valence-electron chi connectivity index (χ3n) is 14.1. The normalized spacial score (nSPS) is 14.6. The maximum Gasteiger partial charge on any atom is 0.406 e. The van der Waals surface area contributed by atoms with Crippen LogP contribution in [0.25, 0.3) is 44.1 Å². The third-order valence-corrected chi connectivity index (χ3v) is 16.5. The number of alkyl halides is 3. The Hall–Kier alpha value is -7.58. The molecule has 19 nitrogen and oxygen atoms in total. The van der Waals surface area contributed by atoms with E-state index in [0.29, 0.717) is 84.6 Å². The molecule has 0 amide bonds. The van der Waals surface area contributed by atoms with Gasteiger partial charge in [0, 0.05) is 77.4 Å². The molecule has 0 spiro atoms. The van der Waals surface area contributed by atoms with Gasteiger partial charge in [0.15, 0.2) is 9.84 Å². The van der Waals surface area contributed by atoms with E-state index in [2.05, 4.69) is 41.5 Å². The molecule has 0 aliphatic carbocycles. The zero-order chi connectivity index (χ0) is 57.3. The number of hydrogen-bond acceptors (Lipinski definition) is 16. The van der Waals surface area contributed by atoms with Gasteiger partial charge in [-0.3, -0.25) is 14.6 Å². The molecule has 0 unspecified atom stereocenters. The number of ether oxygens (including phenoxy) is 4. The second kappa shape index (κ2) is 25.7. The van der Waals surface area contributed by atoms with Crippen LogP contribution in [0.3, 0.4) is 0 Å². The van der Waals surface area contributed by atoms with Crippen molar-refractivity contribution in [1.29, 1.82) is 0 Å². The molecule has 82 heavy (non-hydrogen) atoms. The highest BCUT2D eigenvalue weighted by Crippen LogP contribution is 2.38. The first-order valence-corrected chi connectivity index (χ1v) is 30.4. The predicted octanol–water partition coefficient (Wildman–Crippen LogP) is 9.20. The van der Waals surface area contributed by atoms with E-state index in [9.17, 15) is 30.0 Å². The van der Waals surface area contributed by atoms with Gasteiger partial charge in [0.25, 0.3) is 0 Å². The Morgan fingerprint density at radius 3 is 2.11 bits per heavy atom. The van der Waals surface area contributed by atoms with Gasteiger partial charge in [-0.05, 0) is 91.7 Å². The van der Waals surface area contributed by atoms with Gasteiger partial charge < -0.3 is 49.9 Å². The van der Waals surface area contributed by atoms with E-state index in [4.69, 9.17) is 23.9 Å². The average molecular weight is 1170 g/mol. The molecule has 0 atom stereocenters. The number of aromatic amines is 1. The topological polar surface area (TPSA) is 217 Å². The van der Waals surface area contributed by atoms with Crippen molar-refractivity contribution in [3.8, 4) is 17.1 Å². The predicted molar refractivity (Wildman–Crippen MR) is 314 cm³/mol. The van der Waals surface area contributed by atoms with E-state index in [1.54, 1.807) is 48.5 Å². The van der Waals surface area contributed by atoms with Gasteiger partial charge in [-0.2, -0.15) is 13.2 Å². The molecule has 1 saturated heterocycles. The number of anilines is 5. The van der Waals surface area contributed by atoms with Crippen molar-refractivity contribution in [3.63, 3.8) is 0 Å². The number of benzene rings is 5. The van der Waals surface area contributed by atoms with Crippen molar-refractivity contribution in [2.75, 3.05) is 106 Å². The second-order valence-electron chi connectivity index (χ2n) is 20.1. The minimum Gasteiger partial charge on any atom is -0.494 e. The van der Waals surface area contributed by atoms with Gasteiger partial charge in [0.2, 0.25) is 10.0 Å². The molecule has 0 bridgehead atoms. The number of aromatic nitrogens is 3. The SMILES string of the molecule is COc1cc(NS(=O)(=O)CCOCCOCCOCCN2C=C(CN3CCC(Nc4cccc5c4cc(-c4ccc(CNc6ccc(S(C)(=O)=O)cc6)[nH]4)n5CC(F)(F)F)CC3)NN2)ccc1Nc1c2ccccc2nc2ccccc12. The molecular weight excluding hydrogens is 1100 g/mol. The first kappa shape index (κ1) is 57.6. The number of methoxy groups -OCH3 is 1. The Kier molecular flexibility index (Phi) is 18.1. The Morgan fingerprint density at radius 2 is 1.41 bits per heavy atom. The fraction of sp³-hybridized carbons (Fsp3) is 0.328. The monoisotopic (exact) mass is 1170 g/mol. The van der Waals surface area contributed by atoms with E-state index < -0.39 is 32.6 Å². The molecule has 24 heteroatoms. The first-order chi connectivity index (χ1) is 39.5. The zero-order valence-electron chi connectivity index (χ0n) is 45.4. The van der Waals surface area contributed by atoms with Crippen LogP contribution >= 0.6 is 0 Å². The molecule has 2 aliphatic rings. The fourth-order valence-electron chi connectivity index (χ4n) is 10.1. The van der Waals surface area contributed by atoms with Crippen molar-refractivity contribution in [1.82, 2.24) is 35.4 Å². The summed E-state index contributed by atoms with van der Waals surface area (Å²) in [5.41, 5.74) is 14.7. The Labute approximate surface area is 474 Å². The maximum absolute atomic E-state index is 14.1. The van der Waals surface area contributed by atoms with Gasteiger partial charge in [-0.25, -0.2) is 21.8 Å².